The van der Waals surface area contributed by atoms with Gasteiger partial charge in [-0.25, -0.2) is 14.8 Å². The van der Waals surface area contributed by atoms with Gasteiger partial charge in [-0.1, -0.05) is 12.1 Å². The minimum absolute atomic E-state index is 0.131. The number of fused-ring (bicyclic) bond motifs is 1. The average molecular weight is 299 g/mol. The van der Waals surface area contributed by atoms with E-state index >= 15 is 0 Å². The van der Waals surface area contributed by atoms with Crippen molar-refractivity contribution >= 4 is 5.97 Å². The first-order chi connectivity index (χ1) is 10.7. The lowest BCUT2D eigenvalue weighted by molar-refractivity contribution is 0.0687. The SMILES string of the molecule is COc1cccc(CN2CCc3c(ncnc3C(=O)O)C2)c1. The summed E-state index contributed by atoms with van der Waals surface area (Å²) in [5.74, 6) is -0.148. The predicted molar refractivity (Wildman–Crippen MR) is 79.8 cm³/mol. The topological polar surface area (TPSA) is 75.5 Å². The number of aromatic carboxylic acids is 1. The number of hydrogen-bond donors (Lipinski definition) is 1. The van der Waals surface area contributed by atoms with Gasteiger partial charge >= 0.3 is 5.97 Å². The van der Waals surface area contributed by atoms with Crippen molar-refractivity contribution < 1.29 is 14.6 Å². The van der Waals surface area contributed by atoms with Crippen molar-refractivity contribution in [1.82, 2.24) is 14.9 Å². The third kappa shape index (κ3) is 2.92. The van der Waals surface area contributed by atoms with E-state index in [9.17, 15) is 9.90 Å². The highest BCUT2D eigenvalue weighted by Gasteiger charge is 2.23. The summed E-state index contributed by atoms with van der Waals surface area (Å²) in [4.78, 5) is 21.6. The molecule has 0 spiro atoms. The van der Waals surface area contributed by atoms with Gasteiger partial charge in [-0.2, -0.15) is 0 Å². The van der Waals surface area contributed by atoms with Crippen LogP contribution >= 0.6 is 0 Å². The maximum absolute atomic E-state index is 11.2. The second-order valence-corrected chi connectivity index (χ2v) is 5.26. The molecule has 0 fully saturated rings. The van der Waals surface area contributed by atoms with E-state index < -0.39 is 5.97 Å². The Morgan fingerprint density at radius 2 is 2.27 bits per heavy atom. The highest BCUT2D eigenvalue weighted by molar-refractivity contribution is 5.87. The quantitative estimate of drug-likeness (QED) is 0.927. The van der Waals surface area contributed by atoms with E-state index in [2.05, 4.69) is 20.9 Å². The number of carboxylic acid groups (broad SMARTS) is 1. The van der Waals surface area contributed by atoms with Crippen LogP contribution < -0.4 is 4.74 Å². The molecule has 0 atom stereocenters. The molecule has 1 aliphatic rings. The van der Waals surface area contributed by atoms with Crippen LogP contribution in [0.3, 0.4) is 0 Å². The summed E-state index contributed by atoms with van der Waals surface area (Å²) in [7, 11) is 1.65. The summed E-state index contributed by atoms with van der Waals surface area (Å²) in [5.41, 5.74) is 2.86. The lowest BCUT2D eigenvalue weighted by Crippen LogP contribution is -2.32. The van der Waals surface area contributed by atoms with Gasteiger partial charge in [-0.3, -0.25) is 4.90 Å². The van der Waals surface area contributed by atoms with Gasteiger partial charge < -0.3 is 9.84 Å². The number of carbonyl (C=O) groups is 1. The third-order valence-corrected chi connectivity index (χ3v) is 3.83. The minimum Gasteiger partial charge on any atom is -0.497 e. The van der Waals surface area contributed by atoms with Crippen LogP contribution in [0.5, 0.6) is 5.75 Å². The Bertz CT molecular complexity index is 703. The Morgan fingerprint density at radius 3 is 3.05 bits per heavy atom. The Kier molecular flexibility index (Phi) is 4.02. The molecule has 2 heterocycles. The van der Waals surface area contributed by atoms with Crippen molar-refractivity contribution in [1.29, 1.82) is 0 Å². The molecular formula is C16H17N3O3. The summed E-state index contributed by atoms with van der Waals surface area (Å²) >= 11 is 0. The molecule has 0 aliphatic carbocycles. The lowest BCUT2D eigenvalue weighted by atomic mass is 10.0. The van der Waals surface area contributed by atoms with Crippen LogP contribution in [-0.2, 0) is 19.5 Å². The highest BCUT2D eigenvalue weighted by Crippen LogP contribution is 2.22. The van der Waals surface area contributed by atoms with Crippen molar-refractivity contribution in [3.63, 3.8) is 0 Å². The van der Waals surface area contributed by atoms with Gasteiger partial charge in [-0.15, -0.1) is 0 Å². The van der Waals surface area contributed by atoms with E-state index in [1.807, 2.05) is 18.2 Å². The molecule has 0 saturated carbocycles. The zero-order valence-corrected chi connectivity index (χ0v) is 12.3. The van der Waals surface area contributed by atoms with Gasteiger partial charge in [0.1, 0.15) is 12.1 Å². The second kappa shape index (κ2) is 6.11. The average Bonchev–Trinajstić information content (AvgIpc) is 2.54. The number of aromatic nitrogens is 2. The molecule has 0 radical (unpaired) electrons. The normalized spacial score (nSPS) is 14.4. The van der Waals surface area contributed by atoms with E-state index in [1.54, 1.807) is 7.11 Å². The molecule has 6 nitrogen and oxygen atoms in total. The smallest absolute Gasteiger partial charge is 0.354 e. The molecule has 0 saturated heterocycles. The van der Waals surface area contributed by atoms with Crippen LogP contribution in [0.25, 0.3) is 0 Å². The number of hydrogen-bond acceptors (Lipinski definition) is 5. The van der Waals surface area contributed by atoms with Crippen LogP contribution in [0.4, 0.5) is 0 Å². The van der Waals surface area contributed by atoms with E-state index in [0.29, 0.717) is 13.0 Å². The molecule has 2 aromatic rings. The zero-order valence-electron chi connectivity index (χ0n) is 12.3. The van der Waals surface area contributed by atoms with Crippen LogP contribution in [0.15, 0.2) is 30.6 Å². The molecule has 0 bridgehead atoms. The van der Waals surface area contributed by atoms with Crippen molar-refractivity contribution in [2.45, 2.75) is 19.5 Å². The van der Waals surface area contributed by atoms with E-state index in [1.165, 1.54) is 6.33 Å². The van der Waals surface area contributed by atoms with E-state index in [4.69, 9.17) is 4.74 Å². The molecule has 1 aromatic carbocycles. The summed E-state index contributed by atoms with van der Waals surface area (Å²) in [6, 6.07) is 7.96. The first-order valence-corrected chi connectivity index (χ1v) is 7.08. The van der Waals surface area contributed by atoms with E-state index in [0.717, 1.165) is 35.7 Å². The molecule has 0 amide bonds. The molecule has 22 heavy (non-hydrogen) atoms. The molecule has 3 rings (SSSR count). The molecule has 1 aliphatic heterocycles. The number of nitrogens with zero attached hydrogens (tertiary/aromatic N) is 3. The van der Waals surface area contributed by atoms with Crippen LogP contribution in [0.1, 0.15) is 27.3 Å². The molecule has 6 heteroatoms. The van der Waals surface area contributed by atoms with Crippen LogP contribution in [-0.4, -0.2) is 39.6 Å². The Labute approximate surface area is 128 Å². The van der Waals surface area contributed by atoms with Crippen molar-refractivity contribution in [2.75, 3.05) is 13.7 Å². The lowest BCUT2D eigenvalue weighted by Gasteiger charge is -2.28. The third-order valence-electron chi connectivity index (χ3n) is 3.83. The van der Waals surface area contributed by atoms with Gasteiger partial charge in [0, 0.05) is 25.2 Å². The van der Waals surface area contributed by atoms with Crippen molar-refractivity contribution in [3.8, 4) is 5.75 Å². The number of rotatable bonds is 4. The minimum atomic E-state index is -0.986. The molecule has 1 N–H and O–H groups in total. The molecule has 114 valence electrons. The summed E-state index contributed by atoms with van der Waals surface area (Å²) in [6.45, 7) is 2.20. The number of benzene rings is 1. The zero-order chi connectivity index (χ0) is 15.5. The van der Waals surface area contributed by atoms with Gasteiger partial charge in [0.25, 0.3) is 0 Å². The van der Waals surface area contributed by atoms with Gasteiger partial charge in [-0.05, 0) is 24.1 Å². The largest absolute Gasteiger partial charge is 0.497 e. The van der Waals surface area contributed by atoms with Crippen molar-refractivity contribution in [3.05, 3.63) is 53.1 Å². The van der Waals surface area contributed by atoms with Gasteiger partial charge in [0.05, 0.1) is 12.8 Å². The summed E-state index contributed by atoms with van der Waals surface area (Å²) in [6.07, 6.45) is 1.99. The Morgan fingerprint density at radius 1 is 1.41 bits per heavy atom. The Balaban J connectivity index is 1.77. The standard InChI is InChI=1S/C16H17N3O3/c1-22-12-4-2-3-11(7-12)8-19-6-5-13-14(9-19)17-10-18-15(13)16(20)21/h2-4,7,10H,5-6,8-9H2,1H3,(H,20,21). The maximum atomic E-state index is 11.2. The van der Waals surface area contributed by atoms with Gasteiger partial charge in [0.15, 0.2) is 5.69 Å². The fraction of sp³-hybridized carbons (Fsp3) is 0.312. The number of methoxy groups -OCH3 is 1. The first kappa shape index (κ1) is 14.5. The van der Waals surface area contributed by atoms with Crippen LogP contribution in [0, 0.1) is 0 Å². The fourth-order valence-electron chi connectivity index (χ4n) is 2.76. The highest BCUT2D eigenvalue weighted by atomic mass is 16.5. The molecular weight excluding hydrogens is 282 g/mol. The number of carboxylic acids is 1. The van der Waals surface area contributed by atoms with Crippen LogP contribution in [0.2, 0.25) is 0 Å². The number of ether oxygens (including phenoxy) is 1. The van der Waals surface area contributed by atoms with Gasteiger partial charge in [0.2, 0.25) is 0 Å². The predicted octanol–water partition coefficient (Wildman–Crippen LogP) is 1.74. The molecule has 0 unspecified atom stereocenters. The fourth-order valence-corrected chi connectivity index (χ4v) is 2.76. The molecule has 1 aromatic heterocycles. The van der Waals surface area contributed by atoms with E-state index in [-0.39, 0.29) is 5.69 Å². The second-order valence-electron chi connectivity index (χ2n) is 5.26. The van der Waals surface area contributed by atoms with Crippen molar-refractivity contribution in [2.24, 2.45) is 0 Å². The summed E-state index contributed by atoms with van der Waals surface area (Å²) in [5, 5.41) is 9.18. The summed E-state index contributed by atoms with van der Waals surface area (Å²) < 4.78 is 5.24. The maximum Gasteiger partial charge on any atom is 0.354 e. The Hall–Kier alpha value is -2.47. The first-order valence-electron chi connectivity index (χ1n) is 7.08. The monoisotopic (exact) mass is 299 g/mol.